The van der Waals surface area contributed by atoms with Gasteiger partial charge in [-0.25, -0.2) is 9.97 Å². The zero-order valence-corrected chi connectivity index (χ0v) is 21.1. The summed E-state index contributed by atoms with van der Waals surface area (Å²) in [6, 6.07) is 17.7. The first-order valence-corrected chi connectivity index (χ1v) is 12.3. The van der Waals surface area contributed by atoms with Crippen molar-refractivity contribution in [2.45, 2.75) is 6.92 Å². The van der Waals surface area contributed by atoms with E-state index in [4.69, 9.17) is 0 Å². The summed E-state index contributed by atoms with van der Waals surface area (Å²) in [7, 11) is 0. The van der Waals surface area contributed by atoms with Gasteiger partial charge in [0.2, 0.25) is 11.8 Å². The summed E-state index contributed by atoms with van der Waals surface area (Å²) in [4.78, 5) is 47.8. The Hall–Kier alpha value is -4.58. The fraction of sp³-hybridized carbons (Fsp3) is 0.308. The molecule has 0 aliphatic carbocycles. The molecule has 0 bridgehead atoms. The van der Waals surface area contributed by atoms with Crippen molar-refractivity contribution in [3.8, 4) is 11.4 Å². The van der Waals surface area contributed by atoms with E-state index in [2.05, 4.69) is 35.7 Å². The van der Waals surface area contributed by atoms with Crippen LogP contribution in [0, 0.1) is 10.1 Å². The molecule has 1 aromatic heterocycles. The van der Waals surface area contributed by atoms with Crippen LogP contribution in [0.4, 0.5) is 23.0 Å². The first-order valence-electron chi connectivity index (χ1n) is 12.3. The molecule has 0 spiro atoms. The van der Waals surface area contributed by atoms with Gasteiger partial charge in [-0.15, -0.1) is 0 Å². The standard InChI is InChI=1S/C26H30N8O4/c1-19(35)27-11-12-28-23-17-24(31-26(30-23)20-5-3-2-4-6-20)29-25(36)18-32-13-15-33(16-14-32)21-7-9-22(10-8-21)34(37)38/h2-10,17H,11-16,18H2,1H3,(H,27,35)(H2,28,29,30,31,36). The predicted octanol–water partition coefficient (Wildman–Crippen LogP) is 2.36. The average Bonchev–Trinajstić information content (AvgIpc) is 2.92. The third kappa shape index (κ3) is 7.46. The van der Waals surface area contributed by atoms with Crippen LogP contribution in [0.2, 0.25) is 0 Å². The lowest BCUT2D eigenvalue weighted by Gasteiger charge is -2.35. The maximum Gasteiger partial charge on any atom is 0.269 e. The number of nitrogens with one attached hydrogen (secondary N) is 3. The van der Waals surface area contributed by atoms with Gasteiger partial charge in [-0.1, -0.05) is 30.3 Å². The molecule has 1 saturated heterocycles. The van der Waals surface area contributed by atoms with Crippen molar-refractivity contribution in [3.05, 3.63) is 70.8 Å². The Balaban J connectivity index is 1.35. The molecule has 0 saturated carbocycles. The van der Waals surface area contributed by atoms with Crippen molar-refractivity contribution in [2.24, 2.45) is 0 Å². The summed E-state index contributed by atoms with van der Waals surface area (Å²) >= 11 is 0. The normalized spacial score (nSPS) is 13.6. The molecule has 0 radical (unpaired) electrons. The Morgan fingerprint density at radius 1 is 0.947 bits per heavy atom. The van der Waals surface area contributed by atoms with Crippen LogP contribution in [0.25, 0.3) is 11.4 Å². The number of nitro benzene ring substituents is 1. The van der Waals surface area contributed by atoms with Crippen molar-refractivity contribution in [3.63, 3.8) is 0 Å². The monoisotopic (exact) mass is 518 g/mol. The van der Waals surface area contributed by atoms with Crippen LogP contribution in [0.15, 0.2) is 60.7 Å². The molecule has 2 heterocycles. The van der Waals surface area contributed by atoms with E-state index in [1.165, 1.54) is 19.1 Å². The number of hydrogen-bond donors (Lipinski definition) is 3. The Kier molecular flexibility index (Phi) is 8.77. The van der Waals surface area contributed by atoms with E-state index in [0.29, 0.717) is 56.7 Å². The SMILES string of the molecule is CC(=O)NCCNc1cc(NC(=O)CN2CCN(c3ccc([N+](=O)[O-])cc3)CC2)nc(-c2ccccc2)n1. The van der Waals surface area contributed by atoms with Gasteiger partial charge in [0, 0.05) is 75.6 Å². The number of carbonyl (C=O) groups excluding carboxylic acids is 2. The van der Waals surface area contributed by atoms with E-state index in [1.807, 2.05) is 30.3 Å². The molecule has 198 valence electrons. The van der Waals surface area contributed by atoms with Crippen LogP contribution in [-0.4, -0.2) is 77.4 Å². The topological polar surface area (TPSA) is 146 Å². The van der Waals surface area contributed by atoms with Crippen molar-refractivity contribution >= 4 is 34.8 Å². The summed E-state index contributed by atoms with van der Waals surface area (Å²) in [5, 5.41) is 19.7. The lowest BCUT2D eigenvalue weighted by molar-refractivity contribution is -0.384. The first-order chi connectivity index (χ1) is 18.4. The van der Waals surface area contributed by atoms with E-state index in [1.54, 1.807) is 18.2 Å². The zero-order valence-electron chi connectivity index (χ0n) is 21.1. The number of nitrogens with zero attached hydrogens (tertiary/aromatic N) is 5. The number of carbonyl (C=O) groups is 2. The fourth-order valence-corrected chi connectivity index (χ4v) is 4.08. The highest BCUT2D eigenvalue weighted by atomic mass is 16.6. The van der Waals surface area contributed by atoms with Crippen LogP contribution in [0.3, 0.4) is 0 Å². The third-order valence-corrected chi connectivity index (χ3v) is 6.00. The number of nitro groups is 1. The quantitative estimate of drug-likeness (QED) is 0.209. The van der Waals surface area contributed by atoms with Gasteiger partial charge in [-0.2, -0.15) is 0 Å². The van der Waals surface area contributed by atoms with Crippen molar-refractivity contribution in [1.29, 1.82) is 0 Å². The molecule has 1 aliphatic heterocycles. The second-order valence-electron chi connectivity index (χ2n) is 8.82. The minimum atomic E-state index is -0.411. The largest absolute Gasteiger partial charge is 0.369 e. The average molecular weight is 519 g/mol. The maximum atomic E-state index is 12.9. The molecule has 12 nitrogen and oxygen atoms in total. The number of hydrogen-bond acceptors (Lipinski definition) is 9. The highest BCUT2D eigenvalue weighted by Crippen LogP contribution is 2.22. The molecule has 1 aliphatic rings. The van der Waals surface area contributed by atoms with Gasteiger partial charge in [0.05, 0.1) is 11.5 Å². The van der Waals surface area contributed by atoms with Crippen molar-refractivity contribution in [1.82, 2.24) is 20.2 Å². The van der Waals surface area contributed by atoms with E-state index in [-0.39, 0.29) is 24.0 Å². The highest BCUT2D eigenvalue weighted by Gasteiger charge is 2.20. The van der Waals surface area contributed by atoms with Gasteiger partial charge >= 0.3 is 0 Å². The van der Waals surface area contributed by atoms with Gasteiger partial charge in [-0.05, 0) is 12.1 Å². The predicted molar refractivity (Wildman–Crippen MR) is 145 cm³/mol. The maximum absolute atomic E-state index is 12.9. The van der Waals surface area contributed by atoms with Gasteiger partial charge in [0.25, 0.3) is 5.69 Å². The zero-order chi connectivity index (χ0) is 26.9. The van der Waals surface area contributed by atoms with Gasteiger partial charge in [0.1, 0.15) is 11.6 Å². The number of anilines is 3. The van der Waals surface area contributed by atoms with Gasteiger partial charge in [0.15, 0.2) is 5.82 Å². The summed E-state index contributed by atoms with van der Waals surface area (Å²) < 4.78 is 0. The number of non-ortho nitro benzene ring substituents is 1. The number of aromatic nitrogens is 2. The van der Waals surface area contributed by atoms with E-state index in [9.17, 15) is 19.7 Å². The van der Waals surface area contributed by atoms with Crippen molar-refractivity contribution in [2.75, 3.05) is 61.3 Å². The minimum absolute atomic E-state index is 0.0651. The number of amides is 2. The molecule has 3 aromatic rings. The number of benzene rings is 2. The summed E-state index contributed by atoms with van der Waals surface area (Å²) in [6.45, 7) is 5.35. The summed E-state index contributed by atoms with van der Waals surface area (Å²) in [5.41, 5.74) is 1.80. The smallest absolute Gasteiger partial charge is 0.269 e. The Labute approximate surface area is 220 Å². The Morgan fingerprint density at radius 2 is 1.63 bits per heavy atom. The lowest BCUT2D eigenvalue weighted by Crippen LogP contribution is -2.48. The molecule has 2 amide bonds. The summed E-state index contributed by atoms with van der Waals surface area (Å²) in [6.07, 6.45) is 0. The minimum Gasteiger partial charge on any atom is -0.369 e. The molecule has 2 aromatic carbocycles. The van der Waals surface area contributed by atoms with E-state index < -0.39 is 4.92 Å². The molecule has 3 N–H and O–H groups in total. The van der Waals surface area contributed by atoms with Gasteiger partial charge in [-0.3, -0.25) is 24.6 Å². The summed E-state index contributed by atoms with van der Waals surface area (Å²) in [5.74, 6) is 1.10. The van der Waals surface area contributed by atoms with Crippen LogP contribution >= 0.6 is 0 Å². The van der Waals surface area contributed by atoms with Crippen LogP contribution in [-0.2, 0) is 9.59 Å². The van der Waals surface area contributed by atoms with E-state index >= 15 is 0 Å². The number of rotatable bonds is 10. The van der Waals surface area contributed by atoms with Crippen LogP contribution < -0.4 is 20.9 Å². The fourth-order valence-electron chi connectivity index (χ4n) is 4.08. The molecule has 4 rings (SSSR count). The number of piperazine rings is 1. The third-order valence-electron chi connectivity index (χ3n) is 6.00. The molecule has 12 heteroatoms. The molecule has 0 unspecified atom stereocenters. The van der Waals surface area contributed by atoms with Crippen LogP contribution in [0.5, 0.6) is 0 Å². The van der Waals surface area contributed by atoms with Crippen LogP contribution in [0.1, 0.15) is 6.92 Å². The van der Waals surface area contributed by atoms with E-state index in [0.717, 1.165) is 11.3 Å². The second-order valence-corrected chi connectivity index (χ2v) is 8.82. The second kappa shape index (κ2) is 12.6. The lowest BCUT2D eigenvalue weighted by atomic mass is 10.2. The molecule has 0 atom stereocenters. The molecule has 1 fully saturated rings. The first kappa shape index (κ1) is 26.5. The Morgan fingerprint density at radius 3 is 2.29 bits per heavy atom. The van der Waals surface area contributed by atoms with Gasteiger partial charge < -0.3 is 20.9 Å². The Bertz CT molecular complexity index is 1260. The molecular formula is C26H30N8O4. The van der Waals surface area contributed by atoms with Crippen molar-refractivity contribution < 1.29 is 14.5 Å². The molecular weight excluding hydrogens is 488 g/mol. The molecule has 38 heavy (non-hydrogen) atoms. The highest BCUT2D eigenvalue weighted by molar-refractivity contribution is 5.92.